The number of carbonyl (C=O) groups excluding carboxylic acids is 3. The van der Waals surface area contributed by atoms with Crippen LogP contribution in [0.5, 0.6) is 11.5 Å². The van der Waals surface area contributed by atoms with Crippen molar-refractivity contribution in [2.45, 2.75) is 20.8 Å². The Balaban J connectivity index is 1.43. The van der Waals surface area contributed by atoms with Gasteiger partial charge in [0.15, 0.2) is 22.4 Å². The van der Waals surface area contributed by atoms with Crippen LogP contribution in [0.15, 0.2) is 71.6 Å². The van der Waals surface area contributed by atoms with Crippen LogP contribution < -0.4 is 20.2 Å². The maximum Gasteiger partial charge on any atom is 0.285 e. The van der Waals surface area contributed by atoms with E-state index < -0.39 is 11.8 Å². The van der Waals surface area contributed by atoms with Crippen molar-refractivity contribution in [1.29, 1.82) is 0 Å². The van der Waals surface area contributed by atoms with Gasteiger partial charge in [0.05, 0.1) is 11.5 Å². The molecule has 0 aromatic heterocycles. The number of nitrogens with one attached hydrogen (secondary N) is 2. The number of anilines is 1. The molecule has 0 atom stereocenters. The second-order valence-electron chi connectivity index (χ2n) is 8.60. The lowest BCUT2D eigenvalue weighted by molar-refractivity contribution is -0.123. The summed E-state index contributed by atoms with van der Waals surface area (Å²) in [6.45, 7) is 6.00. The summed E-state index contributed by atoms with van der Waals surface area (Å²) in [6, 6.07) is 19.4. The molecule has 3 aromatic carbocycles. The summed E-state index contributed by atoms with van der Waals surface area (Å²) in [4.78, 5) is 38.2. The summed E-state index contributed by atoms with van der Waals surface area (Å²) in [7, 11) is 0. The first kappa shape index (κ1) is 27.9. The van der Waals surface area contributed by atoms with E-state index in [4.69, 9.17) is 21.7 Å². The number of carbonyl (C=O) groups is 3. The quantitative estimate of drug-likeness (QED) is 0.272. The number of hydrogen-bond acceptors (Lipinski definition) is 7. The first-order valence-corrected chi connectivity index (χ1v) is 13.4. The van der Waals surface area contributed by atoms with E-state index in [2.05, 4.69) is 10.7 Å². The van der Waals surface area contributed by atoms with Crippen molar-refractivity contribution in [3.8, 4) is 11.5 Å². The number of hydrazine groups is 1. The highest BCUT2D eigenvalue weighted by Gasteiger charge is 2.33. The van der Waals surface area contributed by atoms with E-state index in [0.717, 1.165) is 27.9 Å². The van der Waals surface area contributed by atoms with E-state index in [9.17, 15) is 14.4 Å². The highest BCUT2D eigenvalue weighted by Crippen LogP contribution is 2.34. The minimum absolute atomic E-state index is 0.202. The molecule has 8 nitrogen and oxygen atoms in total. The molecule has 3 amide bonds. The molecule has 1 fully saturated rings. The van der Waals surface area contributed by atoms with Gasteiger partial charge in [-0.25, -0.2) is 0 Å². The molecule has 0 aliphatic carbocycles. The van der Waals surface area contributed by atoms with Gasteiger partial charge in [-0.1, -0.05) is 42.1 Å². The normalized spacial score (nSPS) is 13.9. The number of rotatable bonds is 9. The van der Waals surface area contributed by atoms with Gasteiger partial charge in [0.2, 0.25) is 0 Å². The molecule has 200 valence electrons. The first-order chi connectivity index (χ1) is 18.7. The third kappa shape index (κ3) is 7.04. The highest BCUT2D eigenvalue weighted by atomic mass is 32.2. The molecular formula is C29H27N3O5S2. The van der Waals surface area contributed by atoms with Crippen molar-refractivity contribution in [3.63, 3.8) is 0 Å². The van der Waals surface area contributed by atoms with Gasteiger partial charge >= 0.3 is 0 Å². The van der Waals surface area contributed by atoms with Crippen LogP contribution in [0.1, 0.15) is 34.0 Å². The number of nitrogens with zero attached hydrogens (tertiary/aromatic N) is 1. The van der Waals surface area contributed by atoms with Crippen LogP contribution in [-0.2, 0) is 9.59 Å². The summed E-state index contributed by atoms with van der Waals surface area (Å²) in [5, 5.41) is 3.89. The van der Waals surface area contributed by atoms with Gasteiger partial charge in [0.25, 0.3) is 17.7 Å². The van der Waals surface area contributed by atoms with Crippen LogP contribution in [0, 0.1) is 13.8 Å². The number of thiocarbonyl (C=S) groups is 1. The SMILES string of the molecule is CCOc1cc(/C=C2/SC(=S)N(NC(=O)c3ccccc3)C2=O)ccc1OCC(=O)Nc1ccc(C)c(C)c1. The Bertz CT molecular complexity index is 1460. The van der Waals surface area contributed by atoms with E-state index >= 15 is 0 Å². The predicted molar refractivity (Wildman–Crippen MR) is 157 cm³/mol. The molecule has 0 spiro atoms. The van der Waals surface area contributed by atoms with Crippen LogP contribution >= 0.6 is 24.0 Å². The lowest BCUT2D eigenvalue weighted by atomic mass is 10.1. The Morgan fingerprint density at radius 2 is 1.74 bits per heavy atom. The summed E-state index contributed by atoms with van der Waals surface area (Å²) in [5.74, 6) is -0.346. The fourth-order valence-corrected chi connectivity index (χ4v) is 4.81. The van der Waals surface area contributed by atoms with E-state index in [1.807, 2.05) is 39.0 Å². The molecule has 1 aliphatic heterocycles. The molecule has 1 heterocycles. The van der Waals surface area contributed by atoms with Gasteiger partial charge in [-0.05, 0) is 92.2 Å². The third-order valence-electron chi connectivity index (χ3n) is 5.76. The van der Waals surface area contributed by atoms with Crippen molar-refractivity contribution in [2.24, 2.45) is 0 Å². The minimum Gasteiger partial charge on any atom is -0.490 e. The fourth-order valence-electron chi connectivity index (χ4n) is 3.63. The molecule has 1 aliphatic rings. The van der Waals surface area contributed by atoms with Crippen LogP contribution in [0.3, 0.4) is 0 Å². The molecule has 0 bridgehead atoms. The number of benzene rings is 3. The summed E-state index contributed by atoms with van der Waals surface area (Å²) in [6.07, 6.45) is 1.66. The van der Waals surface area contributed by atoms with Gasteiger partial charge < -0.3 is 14.8 Å². The lowest BCUT2D eigenvalue weighted by Crippen LogP contribution is -2.44. The van der Waals surface area contributed by atoms with Crippen LogP contribution in [0.2, 0.25) is 0 Å². The van der Waals surface area contributed by atoms with Gasteiger partial charge in [-0.15, -0.1) is 0 Å². The molecule has 0 saturated carbocycles. The number of ether oxygens (including phenoxy) is 2. The van der Waals surface area contributed by atoms with E-state index in [1.165, 1.54) is 0 Å². The Morgan fingerprint density at radius 1 is 0.974 bits per heavy atom. The van der Waals surface area contributed by atoms with Crippen LogP contribution in [0.4, 0.5) is 5.69 Å². The highest BCUT2D eigenvalue weighted by molar-refractivity contribution is 8.26. The largest absolute Gasteiger partial charge is 0.490 e. The molecule has 2 N–H and O–H groups in total. The zero-order valence-electron chi connectivity index (χ0n) is 21.6. The molecule has 0 unspecified atom stereocenters. The first-order valence-electron chi connectivity index (χ1n) is 12.2. The molecule has 10 heteroatoms. The maximum absolute atomic E-state index is 13.0. The molecule has 39 heavy (non-hydrogen) atoms. The predicted octanol–water partition coefficient (Wildman–Crippen LogP) is 5.27. The minimum atomic E-state index is -0.435. The van der Waals surface area contributed by atoms with E-state index in [1.54, 1.807) is 54.6 Å². The molecular weight excluding hydrogens is 534 g/mol. The van der Waals surface area contributed by atoms with Crippen molar-refractivity contribution in [1.82, 2.24) is 10.4 Å². The monoisotopic (exact) mass is 561 g/mol. The lowest BCUT2D eigenvalue weighted by Gasteiger charge is -2.15. The second-order valence-corrected chi connectivity index (χ2v) is 10.3. The van der Waals surface area contributed by atoms with Crippen molar-refractivity contribution < 1.29 is 23.9 Å². The van der Waals surface area contributed by atoms with E-state index in [0.29, 0.717) is 39.8 Å². The second kappa shape index (κ2) is 12.6. The number of aryl methyl sites for hydroxylation is 2. The Morgan fingerprint density at radius 3 is 2.46 bits per heavy atom. The Hall–Kier alpha value is -4.15. The smallest absolute Gasteiger partial charge is 0.285 e. The maximum atomic E-state index is 13.0. The van der Waals surface area contributed by atoms with Crippen LogP contribution in [-0.4, -0.2) is 40.3 Å². The summed E-state index contributed by atoms with van der Waals surface area (Å²) < 4.78 is 11.7. The summed E-state index contributed by atoms with van der Waals surface area (Å²) in [5.41, 5.74) is 6.56. The van der Waals surface area contributed by atoms with Crippen molar-refractivity contribution >= 4 is 57.8 Å². The van der Waals surface area contributed by atoms with Crippen molar-refractivity contribution in [2.75, 3.05) is 18.5 Å². The fraction of sp³-hybridized carbons (Fsp3) is 0.172. The van der Waals surface area contributed by atoms with Gasteiger partial charge in [0.1, 0.15) is 0 Å². The number of thioether (sulfide) groups is 1. The molecule has 0 radical (unpaired) electrons. The zero-order chi connectivity index (χ0) is 27.9. The molecule has 1 saturated heterocycles. The molecule has 3 aromatic rings. The number of hydrogen-bond donors (Lipinski definition) is 2. The van der Waals surface area contributed by atoms with Gasteiger partial charge in [-0.3, -0.25) is 19.8 Å². The number of amides is 3. The Labute approximate surface area is 236 Å². The zero-order valence-corrected chi connectivity index (χ0v) is 23.3. The average molecular weight is 562 g/mol. The average Bonchev–Trinajstić information content (AvgIpc) is 3.18. The van der Waals surface area contributed by atoms with Crippen molar-refractivity contribution in [3.05, 3.63) is 93.9 Å². The van der Waals surface area contributed by atoms with Gasteiger partial charge in [-0.2, -0.15) is 5.01 Å². The standard InChI is InChI=1S/C29H27N3O5S2/c1-4-36-24-15-20(11-13-23(24)37-17-26(33)30-22-12-10-18(2)19(3)14-22)16-25-28(35)32(29(38)39-25)31-27(34)21-8-6-5-7-9-21/h5-16H,4,17H2,1-3H3,(H,30,33)(H,31,34)/b25-16+. The van der Waals surface area contributed by atoms with Gasteiger partial charge in [0, 0.05) is 11.3 Å². The van der Waals surface area contributed by atoms with E-state index in [-0.39, 0.29) is 16.8 Å². The molecule has 4 rings (SSSR count). The topological polar surface area (TPSA) is 97.0 Å². The Kier molecular flexibility index (Phi) is 9.00. The summed E-state index contributed by atoms with van der Waals surface area (Å²) >= 11 is 6.40. The third-order valence-corrected chi connectivity index (χ3v) is 7.06. The van der Waals surface area contributed by atoms with Crippen LogP contribution in [0.25, 0.3) is 6.08 Å².